The molecule has 0 saturated carbocycles. The fourth-order valence-corrected chi connectivity index (χ4v) is 2.04. The van der Waals surface area contributed by atoms with Gasteiger partial charge in [-0.15, -0.1) is 0 Å². The van der Waals surface area contributed by atoms with Crippen molar-refractivity contribution in [3.8, 4) is 0 Å². The van der Waals surface area contributed by atoms with Crippen molar-refractivity contribution in [3.63, 3.8) is 0 Å². The van der Waals surface area contributed by atoms with Gasteiger partial charge in [0.05, 0.1) is 0 Å². The predicted molar refractivity (Wildman–Crippen MR) is 74.7 cm³/mol. The first-order chi connectivity index (χ1) is 8.57. The van der Waals surface area contributed by atoms with Gasteiger partial charge in [0.25, 0.3) is 0 Å². The standard InChI is InChI=1S/C15H30O3/c1-3-13(2)11-9-7-5-4-6-8-10-12-14(16)15(17)18/h13-14,16H,3-12H2,1-2H3,(H,17,18). The molecule has 0 amide bonds. The topological polar surface area (TPSA) is 57.5 Å². The van der Waals surface area contributed by atoms with E-state index in [0.29, 0.717) is 6.42 Å². The second-order valence-electron chi connectivity index (χ2n) is 5.42. The maximum Gasteiger partial charge on any atom is 0.332 e. The lowest BCUT2D eigenvalue weighted by molar-refractivity contribution is -0.146. The molecule has 3 heteroatoms. The predicted octanol–water partition coefficient (Wildman–Crippen LogP) is 3.99. The van der Waals surface area contributed by atoms with Crippen molar-refractivity contribution in [3.05, 3.63) is 0 Å². The average Bonchev–Trinajstić information content (AvgIpc) is 2.35. The Hall–Kier alpha value is -0.570. The van der Waals surface area contributed by atoms with Crippen molar-refractivity contribution in [1.82, 2.24) is 0 Å². The van der Waals surface area contributed by atoms with Gasteiger partial charge in [-0.25, -0.2) is 4.79 Å². The summed E-state index contributed by atoms with van der Waals surface area (Å²) in [6.07, 6.45) is 10.1. The van der Waals surface area contributed by atoms with Gasteiger partial charge in [0.2, 0.25) is 0 Å². The molecule has 2 N–H and O–H groups in total. The van der Waals surface area contributed by atoms with E-state index >= 15 is 0 Å². The lowest BCUT2D eigenvalue weighted by Crippen LogP contribution is -2.18. The number of carboxylic acid groups (broad SMARTS) is 1. The second kappa shape index (κ2) is 11.5. The minimum Gasteiger partial charge on any atom is -0.479 e. The van der Waals surface area contributed by atoms with Crippen LogP contribution in [-0.2, 0) is 4.79 Å². The molecular formula is C15H30O3. The maximum absolute atomic E-state index is 10.4. The molecule has 0 radical (unpaired) electrons. The zero-order valence-corrected chi connectivity index (χ0v) is 12.0. The van der Waals surface area contributed by atoms with Crippen LogP contribution in [0.4, 0.5) is 0 Å². The van der Waals surface area contributed by atoms with Crippen molar-refractivity contribution in [2.45, 2.75) is 84.2 Å². The third-order valence-corrected chi connectivity index (χ3v) is 3.66. The zero-order valence-electron chi connectivity index (χ0n) is 12.0. The Balaban J connectivity index is 3.14. The molecule has 0 spiro atoms. The summed E-state index contributed by atoms with van der Waals surface area (Å²) in [5.74, 6) is -0.234. The smallest absolute Gasteiger partial charge is 0.332 e. The van der Waals surface area contributed by atoms with E-state index in [2.05, 4.69) is 13.8 Å². The van der Waals surface area contributed by atoms with Gasteiger partial charge in [0.15, 0.2) is 6.10 Å². The molecule has 0 aromatic carbocycles. The van der Waals surface area contributed by atoms with Crippen LogP contribution in [0, 0.1) is 5.92 Å². The number of carbonyl (C=O) groups is 1. The fraction of sp³-hybridized carbons (Fsp3) is 0.933. The Labute approximate surface area is 112 Å². The number of aliphatic carboxylic acids is 1. The summed E-state index contributed by atoms with van der Waals surface area (Å²) >= 11 is 0. The molecule has 0 saturated heterocycles. The summed E-state index contributed by atoms with van der Waals surface area (Å²) < 4.78 is 0. The van der Waals surface area contributed by atoms with Crippen LogP contribution in [-0.4, -0.2) is 22.3 Å². The molecule has 2 unspecified atom stereocenters. The van der Waals surface area contributed by atoms with Crippen molar-refractivity contribution in [2.75, 3.05) is 0 Å². The van der Waals surface area contributed by atoms with Gasteiger partial charge in [-0.2, -0.15) is 0 Å². The van der Waals surface area contributed by atoms with Crippen LogP contribution >= 0.6 is 0 Å². The summed E-state index contributed by atoms with van der Waals surface area (Å²) in [6.45, 7) is 4.56. The first-order valence-electron chi connectivity index (χ1n) is 7.48. The molecule has 3 nitrogen and oxygen atoms in total. The number of aliphatic hydroxyl groups is 1. The van der Waals surface area contributed by atoms with E-state index < -0.39 is 12.1 Å². The minimum absolute atomic E-state index is 0.392. The Morgan fingerprint density at radius 2 is 1.39 bits per heavy atom. The monoisotopic (exact) mass is 258 g/mol. The summed E-state index contributed by atoms with van der Waals surface area (Å²) in [7, 11) is 0. The van der Waals surface area contributed by atoms with Crippen LogP contribution < -0.4 is 0 Å². The molecule has 0 heterocycles. The molecule has 0 aliphatic carbocycles. The van der Waals surface area contributed by atoms with Crippen LogP contribution in [0.2, 0.25) is 0 Å². The molecule has 0 aliphatic rings. The van der Waals surface area contributed by atoms with Gasteiger partial charge in [0.1, 0.15) is 0 Å². The molecule has 0 aromatic rings. The molecule has 18 heavy (non-hydrogen) atoms. The highest BCUT2D eigenvalue weighted by Gasteiger charge is 2.11. The van der Waals surface area contributed by atoms with Crippen LogP contribution in [0.15, 0.2) is 0 Å². The zero-order chi connectivity index (χ0) is 13.8. The Bertz CT molecular complexity index is 204. The fourth-order valence-electron chi connectivity index (χ4n) is 2.04. The van der Waals surface area contributed by atoms with Gasteiger partial charge in [-0.05, 0) is 12.3 Å². The number of aliphatic hydroxyl groups excluding tert-OH is 1. The van der Waals surface area contributed by atoms with E-state index in [-0.39, 0.29) is 0 Å². The molecule has 2 atom stereocenters. The highest BCUT2D eigenvalue weighted by atomic mass is 16.4. The van der Waals surface area contributed by atoms with E-state index in [1.165, 1.54) is 38.5 Å². The molecule has 108 valence electrons. The van der Waals surface area contributed by atoms with E-state index in [4.69, 9.17) is 10.2 Å². The summed E-state index contributed by atoms with van der Waals surface area (Å²) in [6, 6.07) is 0. The van der Waals surface area contributed by atoms with Crippen LogP contribution in [0.1, 0.15) is 78.1 Å². The van der Waals surface area contributed by atoms with Gasteiger partial charge in [-0.1, -0.05) is 71.6 Å². The number of hydrogen-bond acceptors (Lipinski definition) is 2. The summed E-state index contributed by atoms with van der Waals surface area (Å²) in [5.41, 5.74) is 0. The summed E-state index contributed by atoms with van der Waals surface area (Å²) in [4.78, 5) is 10.4. The molecule has 0 bridgehead atoms. The van der Waals surface area contributed by atoms with E-state index in [1.807, 2.05) is 0 Å². The highest BCUT2D eigenvalue weighted by Crippen LogP contribution is 2.15. The first kappa shape index (κ1) is 17.4. The minimum atomic E-state index is -1.17. The van der Waals surface area contributed by atoms with Crippen molar-refractivity contribution < 1.29 is 15.0 Å². The second-order valence-corrected chi connectivity index (χ2v) is 5.42. The van der Waals surface area contributed by atoms with Gasteiger partial charge in [0, 0.05) is 0 Å². The van der Waals surface area contributed by atoms with Gasteiger partial charge < -0.3 is 10.2 Å². The molecular weight excluding hydrogens is 228 g/mol. The van der Waals surface area contributed by atoms with E-state index in [0.717, 1.165) is 25.2 Å². The average molecular weight is 258 g/mol. The quantitative estimate of drug-likeness (QED) is 0.520. The van der Waals surface area contributed by atoms with E-state index in [1.54, 1.807) is 0 Å². The normalized spacial score (nSPS) is 14.4. The van der Waals surface area contributed by atoms with Gasteiger partial charge in [-0.3, -0.25) is 0 Å². The van der Waals surface area contributed by atoms with Crippen LogP contribution in [0.5, 0.6) is 0 Å². The number of unbranched alkanes of at least 4 members (excludes halogenated alkanes) is 6. The van der Waals surface area contributed by atoms with E-state index in [9.17, 15) is 4.79 Å². The maximum atomic E-state index is 10.4. The lowest BCUT2D eigenvalue weighted by atomic mass is 9.99. The Kier molecular flexibility index (Phi) is 11.2. The van der Waals surface area contributed by atoms with Gasteiger partial charge >= 0.3 is 5.97 Å². The Morgan fingerprint density at radius 1 is 0.944 bits per heavy atom. The lowest BCUT2D eigenvalue weighted by Gasteiger charge is -2.07. The van der Waals surface area contributed by atoms with Crippen molar-refractivity contribution >= 4 is 5.97 Å². The van der Waals surface area contributed by atoms with Crippen molar-refractivity contribution in [2.24, 2.45) is 5.92 Å². The number of rotatable bonds is 12. The van der Waals surface area contributed by atoms with Crippen molar-refractivity contribution in [1.29, 1.82) is 0 Å². The van der Waals surface area contributed by atoms with Crippen LogP contribution in [0.3, 0.4) is 0 Å². The van der Waals surface area contributed by atoms with Crippen LogP contribution in [0.25, 0.3) is 0 Å². The SMILES string of the molecule is CCC(C)CCCCCCCCCC(O)C(=O)O. The molecule has 0 fully saturated rings. The third-order valence-electron chi connectivity index (χ3n) is 3.66. The highest BCUT2D eigenvalue weighted by molar-refractivity contribution is 5.71. The third kappa shape index (κ3) is 10.6. The summed E-state index contributed by atoms with van der Waals surface area (Å²) in [5, 5.41) is 17.6. The largest absolute Gasteiger partial charge is 0.479 e. The first-order valence-corrected chi connectivity index (χ1v) is 7.48. The molecule has 0 aliphatic heterocycles. The number of hydrogen-bond donors (Lipinski definition) is 2. The number of carboxylic acids is 1. The molecule has 0 rings (SSSR count). The Morgan fingerprint density at radius 3 is 1.83 bits per heavy atom. The molecule has 0 aromatic heterocycles.